The Labute approximate surface area is 173 Å². The van der Waals surface area contributed by atoms with Gasteiger partial charge in [-0.1, -0.05) is 23.7 Å². The van der Waals surface area contributed by atoms with E-state index in [0.717, 1.165) is 11.4 Å². The first-order valence-electron chi connectivity index (χ1n) is 8.53. The standard InChI is InChI=1S/C19H19ClN6O2S/c1-12-9-13(2)23-19(22-12)25-18(21)24-15-6-4-8-17(11-15)29(27,28)26-16-7-3-5-14(20)10-16/h3-11,26H,1-2H3,(H3,21,22,23,24,25). The number of benzene rings is 2. The van der Waals surface area contributed by atoms with Gasteiger partial charge < -0.3 is 11.1 Å². The van der Waals surface area contributed by atoms with E-state index >= 15 is 0 Å². The van der Waals surface area contributed by atoms with Gasteiger partial charge in [0.1, 0.15) is 0 Å². The number of hydrogen-bond donors (Lipinski definition) is 3. The lowest BCUT2D eigenvalue weighted by Gasteiger charge is -2.11. The summed E-state index contributed by atoms with van der Waals surface area (Å²) in [5.41, 5.74) is 8.27. The van der Waals surface area contributed by atoms with E-state index in [9.17, 15) is 8.42 Å². The van der Waals surface area contributed by atoms with Gasteiger partial charge in [-0.2, -0.15) is 4.99 Å². The highest BCUT2D eigenvalue weighted by Crippen LogP contribution is 2.21. The third-order valence-electron chi connectivity index (χ3n) is 3.68. The zero-order valence-electron chi connectivity index (χ0n) is 15.7. The van der Waals surface area contributed by atoms with Crippen LogP contribution in [0.15, 0.2) is 64.5 Å². The predicted molar refractivity (Wildman–Crippen MR) is 115 cm³/mol. The SMILES string of the molecule is Cc1cc(C)nc(N=C(N)Nc2cccc(S(=O)(=O)Nc3cccc(Cl)c3)c2)n1. The molecule has 3 aromatic rings. The summed E-state index contributed by atoms with van der Waals surface area (Å²) in [6, 6.07) is 14.4. The lowest BCUT2D eigenvalue weighted by atomic mass is 10.3. The van der Waals surface area contributed by atoms with Crippen LogP contribution >= 0.6 is 11.6 Å². The fourth-order valence-corrected chi connectivity index (χ4v) is 3.83. The van der Waals surface area contributed by atoms with E-state index in [0.29, 0.717) is 16.4 Å². The minimum atomic E-state index is -3.81. The van der Waals surface area contributed by atoms with Gasteiger partial charge in [0, 0.05) is 22.1 Å². The van der Waals surface area contributed by atoms with Gasteiger partial charge in [0.2, 0.25) is 5.96 Å². The van der Waals surface area contributed by atoms with Crippen LogP contribution in [-0.4, -0.2) is 24.3 Å². The van der Waals surface area contributed by atoms with Crippen LogP contribution in [0.25, 0.3) is 0 Å². The highest BCUT2D eigenvalue weighted by Gasteiger charge is 2.15. The number of halogens is 1. The molecule has 1 heterocycles. The van der Waals surface area contributed by atoms with Crippen molar-refractivity contribution in [3.63, 3.8) is 0 Å². The number of nitrogens with zero attached hydrogens (tertiary/aromatic N) is 3. The van der Waals surface area contributed by atoms with Crippen molar-refractivity contribution in [2.45, 2.75) is 18.7 Å². The second-order valence-electron chi connectivity index (χ2n) is 6.22. The molecule has 4 N–H and O–H groups in total. The normalized spacial score (nSPS) is 11.9. The van der Waals surface area contributed by atoms with Crippen LogP contribution < -0.4 is 15.8 Å². The molecule has 0 aliphatic carbocycles. The number of aromatic nitrogens is 2. The van der Waals surface area contributed by atoms with Gasteiger partial charge in [0.15, 0.2) is 0 Å². The molecule has 8 nitrogen and oxygen atoms in total. The van der Waals surface area contributed by atoms with Crippen LogP contribution in [0, 0.1) is 13.8 Å². The summed E-state index contributed by atoms with van der Waals surface area (Å²) in [5.74, 6) is 0.256. The number of sulfonamides is 1. The van der Waals surface area contributed by atoms with Crippen LogP contribution in [0.3, 0.4) is 0 Å². The highest BCUT2D eigenvalue weighted by molar-refractivity contribution is 7.92. The molecule has 0 aliphatic rings. The highest BCUT2D eigenvalue weighted by atomic mass is 35.5. The number of nitrogens with one attached hydrogen (secondary N) is 2. The number of nitrogens with two attached hydrogens (primary N) is 1. The first-order chi connectivity index (χ1) is 13.7. The van der Waals surface area contributed by atoms with Crippen LogP contribution in [0.5, 0.6) is 0 Å². The van der Waals surface area contributed by atoms with Gasteiger partial charge in [-0.3, -0.25) is 4.72 Å². The molecule has 150 valence electrons. The van der Waals surface area contributed by atoms with Crippen LogP contribution in [0.2, 0.25) is 5.02 Å². The number of anilines is 2. The van der Waals surface area contributed by atoms with E-state index < -0.39 is 10.0 Å². The van der Waals surface area contributed by atoms with Crippen molar-refractivity contribution in [3.8, 4) is 0 Å². The second-order valence-corrected chi connectivity index (χ2v) is 8.34. The third-order valence-corrected chi connectivity index (χ3v) is 5.30. The van der Waals surface area contributed by atoms with E-state index in [-0.39, 0.29) is 16.8 Å². The molecule has 0 fully saturated rings. The van der Waals surface area contributed by atoms with Crippen molar-refractivity contribution < 1.29 is 8.42 Å². The van der Waals surface area contributed by atoms with Gasteiger partial charge in [0.05, 0.1) is 10.6 Å². The summed E-state index contributed by atoms with van der Waals surface area (Å²) < 4.78 is 27.8. The summed E-state index contributed by atoms with van der Waals surface area (Å²) in [7, 11) is -3.81. The van der Waals surface area contributed by atoms with Crippen molar-refractivity contribution in [2.24, 2.45) is 10.7 Å². The number of aliphatic imine (C=N–C) groups is 1. The predicted octanol–water partition coefficient (Wildman–Crippen LogP) is 3.61. The molecule has 1 aromatic heterocycles. The molecule has 0 radical (unpaired) electrons. The van der Waals surface area contributed by atoms with Crippen LogP contribution in [-0.2, 0) is 10.0 Å². The Balaban J connectivity index is 1.80. The zero-order valence-corrected chi connectivity index (χ0v) is 17.3. The molecule has 0 aliphatic heterocycles. The Kier molecular flexibility index (Phi) is 6.00. The average molecular weight is 431 g/mol. The Morgan fingerprint density at radius 3 is 2.34 bits per heavy atom. The van der Waals surface area contributed by atoms with Gasteiger partial charge in [-0.15, -0.1) is 0 Å². The topological polar surface area (TPSA) is 122 Å². The Bertz CT molecular complexity index is 1160. The molecule has 0 saturated carbocycles. The van der Waals surface area contributed by atoms with Gasteiger partial charge >= 0.3 is 0 Å². The second kappa shape index (κ2) is 8.46. The lowest BCUT2D eigenvalue weighted by Crippen LogP contribution is -2.22. The number of hydrogen-bond acceptors (Lipinski definition) is 5. The van der Waals surface area contributed by atoms with Crippen LogP contribution in [0.4, 0.5) is 17.3 Å². The molecule has 0 atom stereocenters. The summed E-state index contributed by atoms with van der Waals surface area (Å²) in [5, 5.41) is 3.28. The van der Waals surface area contributed by atoms with Crippen molar-refractivity contribution in [1.82, 2.24) is 9.97 Å². The number of aryl methyl sites for hydroxylation is 2. The van der Waals surface area contributed by atoms with E-state index in [4.69, 9.17) is 17.3 Å². The molecule has 2 aromatic carbocycles. The number of guanidine groups is 1. The molecule has 0 bridgehead atoms. The molecule has 10 heteroatoms. The molecule has 3 rings (SSSR count). The maximum Gasteiger partial charge on any atom is 0.261 e. The Morgan fingerprint density at radius 1 is 1.00 bits per heavy atom. The summed E-state index contributed by atoms with van der Waals surface area (Å²) in [4.78, 5) is 12.6. The van der Waals surface area contributed by atoms with Crippen LogP contribution in [0.1, 0.15) is 11.4 Å². The molecular weight excluding hydrogens is 412 g/mol. The maximum absolute atomic E-state index is 12.7. The molecule has 0 unspecified atom stereocenters. The van der Waals surface area contributed by atoms with Crippen molar-refractivity contribution in [3.05, 3.63) is 71.0 Å². The molecule has 0 spiro atoms. The smallest absolute Gasteiger partial charge is 0.261 e. The Morgan fingerprint density at radius 2 is 1.66 bits per heavy atom. The molecule has 0 amide bonds. The van der Waals surface area contributed by atoms with E-state index in [1.807, 2.05) is 19.9 Å². The van der Waals surface area contributed by atoms with Gasteiger partial charge in [-0.05, 0) is 56.3 Å². The fraction of sp³-hybridized carbons (Fsp3) is 0.105. The quantitative estimate of drug-likeness (QED) is 0.419. The average Bonchev–Trinajstić information content (AvgIpc) is 2.60. The van der Waals surface area contributed by atoms with Crippen molar-refractivity contribution >= 4 is 44.9 Å². The zero-order chi connectivity index (χ0) is 21.0. The molecule has 29 heavy (non-hydrogen) atoms. The largest absolute Gasteiger partial charge is 0.369 e. The minimum Gasteiger partial charge on any atom is -0.369 e. The third kappa shape index (κ3) is 5.66. The number of rotatable bonds is 5. The lowest BCUT2D eigenvalue weighted by molar-refractivity contribution is 0.601. The fourth-order valence-electron chi connectivity index (χ4n) is 2.55. The van der Waals surface area contributed by atoms with Crippen molar-refractivity contribution in [1.29, 1.82) is 0 Å². The first kappa shape index (κ1) is 20.6. The van der Waals surface area contributed by atoms with E-state index in [2.05, 4.69) is 25.0 Å². The van der Waals surface area contributed by atoms with Gasteiger partial charge in [-0.25, -0.2) is 18.4 Å². The monoisotopic (exact) mass is 430 g/mol. The Hall–Kier alpha value is -3.17. The summed E-state index contributed by atoms with van der Waals surface area (Å²) in [6.07, 6.45) is 0. The van der Waals surface area contributed by atoms with Crippen molar-refractivity contribution in [2.75, 3.05) is 10.0 Å². The van der Waals surface area contributed by atoms with Gasteiger partial charge in [0.25, 0.3) is 16.0 Å². The van der Waals surface area contributed by atoms with E-state index in [1.165, 1.54) is 18.2 Å². The molecule has 0 saturated heterocycles. The maximum atomic E-state index is 12.7. The first-order valence-corrected chi connectivity index (χ1v) is 10.4. The molecular formula is C19H19ClN6O2S. The van der Waals surface area contributed by atoms with E-state index in [1.54, 1.807) is 30.3 Å². The summed E-state index contributed by atoms with van der Waals surface area (Å²) in [6.45, 7) is 3.66. The minimum absolute atomic E-state index is 0.0346. The summed E-state index contributed by atoms with van der Waals surface area (Å²) >= 11 is 5.91.